The maximum Gasteiger partial charge on any atom is 0.197 e. The van der Waals surface area contributed by atoms with E-state index in [2.05, 4.69) is 0 Å². The highest BCUT2D eigenvalue weighted by Gasteiger charge is 2.22. The second kappa shape index (κ2) is 3.81. The van der Waals surface area contributed by atoms with E-state index in [0.717, 1.165) is 0 Å². The van der Waals surface area contributed by atoms with Crippen LogP contribution in [-0.2, 0) is 0 Å². The predicted octanol–water partition coefficient (Wildman–Crippen LogP) is -4.57. The smallest absolute Gasteiger partial charge is 0.197 e. The SMILES string of the molecule is NC1[NH2+]C(N)SS1.[Cl-]. The number of hydrogen-bond donors (Lipinski definition) is 3. The van der Waals surface area contributed by atoms with E-state index in [1.807, 2.05) is 5.32 Å². The standard InChI is InChI=1S/C2H7N3S2.ClH/c3-1-5-2(4)7-6-1;/h1-2,5H,3-4H2;1H. The van der Waals surface area contributed by atoms with Gasteiger partial charge in [-0.15, -0.1) is 0 Å². The molecule has 50 valence electrons. The first-order valence-corrected chi connectivity index (χ1v) is 4.25. The lowest BCUT2D eigenvalue weighted by Crippen LogP contribution is -3.00. The third kappa shape index (κ3) is 2.43. The Morgan fingerprint density at radius 1 is 1.12 bits per heavy atom. The van der Waals surface area contributed by atoms with Crippen molar-refractivity contribution >= 4 is 21.6 Å². The molecule has 1 rings (SSSR count). The van der Waals surface area contributed by atoms with Crippen LogP contribution in [0.5, 0.6) is 0 Å². The minimum Gasteiger partial charge on any atom is -1.00 e. The molecule has 0 bridgehead atoms. The molecular weight excluding hydrogens is 166 g/mol. The van der Waals surface area contributed by atoms with Crippen LogP contribution >= 0.6 is 21.6 Å². The van der Waals surface area contributed by atoms with Crippen molar-refractivity contribution in [2.75, 3.05) is 0 Å². The summed E-state index contributed by atoms with van der Waals surface area (Å²) >= 11 is 0. The van der Waals surface area contributed by atoms with Crippen LogP contribution in [0.3, 0.4) is 0 Å². The molecule has 1 heterocycles. The third-order valence-corrected chi connectivity index (χ3v) is 3.19. The summed E-state index contributed by atoms with van der Waals surface area (Å²) in [4.78, 5) is 0. The van der Waals surface area contributed by atoms with E-state index < -0.39 is 0 Å². The Balaban J connectivity index is 0.000000490. The second-order valence-electron chi connectivity index (χ2n) is 1.31. The average Bonchev–Trinajstić information content (AvgIpc) is 1.87. The molecule has 1 aliphatic rings. The van der Waals surface area contributed by atoms with Crippen LogP contribution in [0.15, 0.2) is 0 Å². The monoisotopic (exact) mass is 173 g/mol. The van der Waals surface area contributed by atoms with Crippen molar-refractivity contribution in [1.82, 2.24) is 0 Å². The number of quaternary nitrogens is 1. The molecule has 0 saturated carbocycles. The van der Waals surface area contributed by atoms with Gasteiger partial charge in [0, 0.05) is 0 Å². The first-order chi connectivity index (χ1) is 3.29. The molecule has 1 aliphatic heterocycles. The number of halogens is 1. The van der Waals surface area contributed by atoms with Gasteiger partial charge in [-0.25, -0.2) is 0 Å². The molecule has 3 nitrogen and oxygen atoms in total. The quantitative estimate of drug-likeness (QED) is 0.323. The maximum absolute atomic E-state index is 5.43. The average molecular weight is 174 g/mol. The first kappa shape index (κ1) is 8.87. The lowest BCUT2D eigenvalue weighted by Gasteiger charge is -1.95. The highest BCUT2D eigenvalue weighted by Crippen LogP contribution is 2.25. The molecule has 2 atom stereocenters. The second-order valence-corrected chi connectivity index (χ2v) is 3.94. The highest BCUT2D eigenvalue weighted by molar-refractivity contribution is 8.77. The highest BCUT2D eigenvalue weighted by atomic mass is 35.5. The van der Waals surface area contributed by atoms with Gasteiger partial charge in [-0.3, -0.25) is 16.8 Å². The Hall–Kier alpha value is 0.870. The van der Waals surface area contributed by atoms with Crippen molar-refractivity contribution in [3.8, 4) is 0 Å². The third-order valence-electron chi connectivity index (χ3n) is 0.657. The van der Waals surface area contributed by atoms with Crippen LogP contribution in [0.1, 0.15) is 0 Å². The first-order valence-electron chi connectivity index (χ1n) is 1.97. The van der Waals surface area contributed by atoms with E-state index in [9.17, 15) is 0 Å². The summed E-state index contributed by atoms with van der Waals surface area (Å²) in [7, 11) is 3.24. The van der Waals surface area contributed by atoms with E-state index in [1.165, 1.54) is 0 Å². The summed E-state index contributed by atoms with van der Waals surface area (Å²) in [5, 5.41) is 1.93. The van der Waals surface area contributed by atoms with Gasteiger partial charge in [0.2, 0.25) is 0 Å². The molecule has 1 saturated heterocycles. The molecule has 0 radical (unpaired) electrons. The normalized spacial score (nSPS) is 36.8. The van der Waals surface area contributed by atoms with Crippen LogP contribution in [0.2, 0.25) is 0 Å². The number of rotatable bonds is 0. The molecule has 1 fully saturated rings. The fraction of sp³-hybridized carbons (Fsp3) is 1.00. The van der Waals surface area contributed by atoms with Crippen molar-refractivity contribution in [1.29, 1.82) is 0 Å². The predicted molar refractivity (Wildman–Crippen MR) is 33.1 cm³/mol. The van der Waals surface area contributed by atoms with Crippen LogP contribution in [-0.4, -0.2) is 11.0 Å². The van der Waals surface area contributed by atoms with E-state index in [0.29, 0.717) is 0 Å². The van der Waals surface area contributed by atoms with Crippen LogP contribution < -0.4 is 29.2 Å². The lowest BCUT2D eigenvalue weighted by molar-refractivity contribution is -0.675. The molecule has 8 heavy (non-hydrogen) atoms. The van der Waals surface area contributed by atoms with E-state index in [-0.39, 0.29) is 23.4 Å². The minimum absolute atomic E-state index is 0. The molecule has 0 spiro atoms. The summed E-state index contributed by atoms with van der Waals surface area (Å²) in [6, 6.07) is 0. The van der Waals surface area contributed by atoms with Gasteiger partial charge in [-0.05, 0) is 21.6 Å². The minimum atomic E-state index is 0. The van der Waals surface area contributed by atoms with Gasteiger partial charge in [-0.2, -0.15) is 0 Å². The Morgan fingerprint density at radius 2 is 1.50 bits per heavy atom. The Bertz CT molecular complexity index is 64.3. The van der Waals surface area contributed by atoms with E-state index in [1.54, 1.807) is 21.6 Å². The van der Waals surface area contributed by atoms with E-state index in [4.69, 9.17) is 11.5 Å². The zero-order valence-corrected chi connectivity index (χ0v) is 6.47. The molecule has 0 aromatic rings. The Labute approximate surface area is 62.1 Å². The molecule has 0 aliphatic carbocycles. The van der Waals surface area contributed by atoms with Gasteiger partial charge in [0.05, 0.1) is 0 Å². The zero-order valence-electron chi connectivity index (χ0n) is 4.08. The van der Waals surface area contributed by atoms with Crippen molar-refractivity contribution in [3.05, 3.63) is 0 Å². The van der Waals surface area contributed by atoms with Crippen LogP contribution in [0, 0.1) is 0 Å². The maximum atomic E-state index is 5.43. The molecule has 0 aromatic carbocycles. The van der Waals surface area contributed by atoms with Crippen LogP contribution in [0.25, 0.3) is 0 Å². The summed E-state index contributed by atoms with van der Waals surface area (Å²) in [5.74, 6) is 0. The van der Waals surface area contributed by atoms with Crippen molar-refractivity contribution < 1.29 is 17.7 Å². The number of hydrogen-bond acceptors (Lipinski definition) is 4. The summed E-state index contributed by atoms with van der Waals surface area (Å²) < 4.78 is 0. The molecule has 0 amide bonds. The van der Waals surface area contributed by atoms with Crippen molar-refractivity contribution in [3.63, 3.8) is 0 Å². The fourth-order valence-electron chi connectivity index (χ4n) is 0.379. The molecule has 2 unspecified atom stereocenters. The Kier molecular flexibility index (Phi) is 4.23. The largest absolute Gasteiger partial charge is 1.00 e. The zero-order chi connectivity index (χ0) is 5.28. The van der Waals surface area contributed by atoms with Gasteiger partial charge < -0.3 is 12.4 Å². The molecule has 6 N–H and O–H groups in total. The fourth-order valence-corrected chi connectivity index (χ4v) is 2.36. The lowest BCUT2D eigenvalue weighted by atomic mass is 11.0. The Morgan fingerprint density at radius 3 is 1.62 bits per heavy atom. The van der Waals surface area contributed by atoms with Gasteiger partial charge in [-0.1, -0.05) is 0 Å². The van der Waals surface area contributed by atoms with Gasteiger partial charge >= 0.3 is 0 Å². The molecular formula is C2H8ClN3S2. The van der Waals surface area contributed by atoms with Gasteiger partial charge in [0.1, 0.15) is 0 Å². The molecule has 0 aromatic heterocycles. The van der Waals surface area contributed by atoms with Crippen LogP contribution in [0.4, 0.5) is 0 Å². The van der Waals surface area contributed by atoms with Gasteiger partial charge in [0.15, 0.2) is 11.0 Å². The summed E-state index contributed by atoms with van der Waals surface area (Å²) in [6.45, 7) is 0. The van der Waals surface area contributed by atoms with Crippen molar-refractivity contribution in [2.45, 2.75) is 11.0 Å². The topological polar surface area (TPSA) is 68.6 Å². The van der Waals surface area contributed by atoms with Crippen molar-refractivity contribution in [2.24, 2.45) is 11.5 Å². The van der Waals surface area contributed by atoms with E-state index >= 15 is 0 Å². The number of nitrogens with two attached hydrogens (primary N) is 3. The summed E-state index contributed by atoms with van der Waals surface area (Å²) in [5.41, 5.74) is 11.2. The van der Waals surface area contributed by atoms with Gasteiger partial charge in [0.25, 0.3) is 0 Å². The molecule has 6 heteroatoms. The summed E-state index contributed by atoms with van der Waals surface area (Å²) in [6.07, 6.45) is 0.